The van der Waals surface area contributed by atoms with Crippen molar-refractivity contribution in [2.45, 2.75) is 88.0 Å². The molecule has 12 heteroatoms. The van der Waals surface area contributed by atoms with Crippen molar-refractivity contribution < 1.29 is 36.3 Å². The molecule has 200 valence electrons. The highest BCUT2D eigenvalue weighted by molar-refractivity contribution is 9.10. The van der Waals surface area contributed by atoms with E-state index in [0.29, 0.717) is 9.37 Å². The average Bonchev–Trinajstić information content (AvgIpc) is 2.85. The Hall–Kier alpha value is -2.08. The highest BCUT2D eigenvalue weighted by Crippen LogP contribution is 2.53. The number of aliphatic imine (C=N–C) groups is 1. The van der Waals surface area contributed by atoms with Gasteiger partial charge in [-0.15, -0.1) is 0 Å². The van der Waals surface area contributed by atoms with E-state index in [1.807, 2.05) is 0 Å². The summed E-state index contributed by atoms with van der Waals surface area (Å²) in [5.74, 6) is -1.43. The zero-order valence-electron chi connectivity index (χ0n) is 21.3. The molecule has 0 saturated carbocycles. The minimum Gasteiger partial charge on any atom is -0.443 e. The van der Waals surface area contributed by atoms with E-state index in [9.17, 15) is 18.0 Å². The Morgan fingerprint density at radius 3 is 2.14 bits per heavy atom. The third-order valence-electron chi connectivity index (χ3n) is 6.16. The van der Waals surface area contributed by atoms with Gasteiger partial charge in [0.05, 0.1) is 5.25 Å². The second-order valence-electron chi connectivity index (χ2n) is 11.2. The molecular weight excluding hydrogens is 562 g/mol. The predicted molar refractivity (Wildman–Crippen MR) is 134 cm³/mol. The summed E-state index contributed by atoms with van der Waals surface area (Å²) in [6.07, 6.45) is -2.60. The molecule has 1 aromatic rings. The van der Waals surface area contributed by atoms with Gasteiger partial charge in [0, 0.05) is 10.0 Å². The maximum atomic E-state index is 15.1. The first-order chi connectivity index (χ1) is 16.3. The Balaban J connectivity index is 2.36. The number of amides is 2. The van der Waals surface area contributed by atoms with Gasteiger partial charge in [-0.1, -0.05) is 15.9 Å². The fourth-order valence-electron chi connectivity index (χ4n) is 4.53. The van der Waals surface area contributed by atoms with E-state index < -0.39 is 67.1 Å². The molecule has 2 aliphatic rings. The number of nitrogens with zero attached hydrogens (tertiary/aromatic N) is 2. The van der Waals surface area contributed by atoms with E-state index in [2.05, 4.69) is 20.9 Å². The highest BCUT2D eigenvalue weighted by Gasteiger charge is 2.67. The molecule has 36 heavy (non-hydrogen) atoms. The standard InChI is InChI=1S/C24H31BrF2N2O6S/c1-21(2,3)34-19(30)29(20(31)35-22(4,5)6)18-23(7)11-10-17(36(23,32)33)24(13-26,28-18)15-12-14(25)8-9-16(15)27/h8-9,12,17H,10-11,13H2,1-7H3/t17-,23+,24-/m0/s1. The van der Waals surface area contributed by atoms with E-state index in [1.54, 1.807) is 41.5 Å². The lowest BCUT2D eigenvalue weighted by atomic mass is 9.86. The molecule has 2 amide bonds. The molecule has 1 aromatic carbocycles. The highest BCUT2D eigenvalue weighted by atomic mass is 79.9. The Bertz CT molecular complexity index is 1200. The monoisotopic (exact) mass is 592 g/mol. The Labute approximate surface area is 218 Å². The van der Waals surface area contributed by atoms with Crippen LogP contribution >= 0.6 is 15.9 Å². The molecule has 2 bridgehead atoms. The van der Waals surface area contributed by atoms with Gasteiger partial charge in [0.15, 0.2) is 9.84 Å². The van der Waals surface area contributed by atoms with Crippen LogP contribution < -0.4 is 0 Å². The van der Waals surface area contributed by atoms with Crippen LogP contribution in [0.15, 0.2) is 27.7 Å². The smallest absolute Gasteiger partial charge is 0.425 e. The number of amidine groups is 1. The molecule has 2 aliphatic heterocycles. The molecule has 1 saturated heterocycles. The Kier molecular flexibility index (Phi) is 7.15. The summed E-state index contributed by atoms with van der Waals surface area (Å²) in [6.45, 7) is 9.31. The van der Waals surface area contributed by atoms with Gasteiger partial charge in [0.2, 0.25) is 0 Å². The number of alkyl halides is 1. The van der Waals surface area contributed by atoms with Gasteiger partial charge in [-0.25, -0.2) is 26.8 Å². The third kappa shape index (κ3) is 4.78. The van der Waals surface area contributed by atoms with E-state index in [1.165, 1.54) is 19.1 Å². The van der Waals surface area contributed by atoms with Crippen molar-refractivity contribution in [3.63, 3.8) is 0 Å². The summed E-state index contributed by atoms with van der Waals surface area (Å²) in [5.41, 5.74) is -4.68. The number of rotatable bonds is 2. The number of halogens is 3. The number of benzene rings is 1. The van der Waals surface area contributed by atoms with Crippen molar-refractivity contribution in [1.29, 1.82) is 0 Å². The molecular formula is C24H31BrF2N2O6S. The summed E-state index contributed by atoms with van der Waals surface area (Å²) in [7, 11) is -4.28. The minimum atomic E-state index is -4.28. The van der Waals surface area contributed by atoms with E-state index in [4.69, 9.17) is 9.47 Å². The van der Waals surface area contributed by atoms with Crippen LogP contribution in [0.5, 0.6) is 0 Å². The van der Waals surface area contributed by atoms with Crippen LogP contribution in [0.4, 0.5) is 18.4 Å². The minimum absolute atomic E-state index is 0.0574. The zero-order chi connectivity index (χ0) is 27.5. The van der Waals surface area contributed by atoms with Gasteiger partial charge in [0.1, 0.15) is 39.8 Å². The van der Waals surface area contributed by atoms with Crippen LogP contribution in [0.2, 0.25) is 0 Å². The zero-order valence-corrected chi connectivity index (χ0v) is 23.7. The number of carbonyl (C=O) groups is 2. The largest absolute Gasteiger partial charge is 0.443 e. The van der Waals surface area contributed by atoms with Crippen molar-refractivity contribution in [3.8, 4) is 0 Å². The maximum Gasteiger partial charge on any atom is 0.425 e. The molecule has 0 spiro atoms. The number of carbonyl (C=O) groups excluding carboxylic acids is 2. The number of sulfone groups is 1. The number of hydrogen-bond donors (Lipinski definition) is 0. The second kappa shape index (κ2) is 9.04. The molecule has 2 heterocycles. The summed E-state index contributed by atoms with van der Waals surface area (Å²) >= 11 is 3.22. The van der Waals surface area contributed by atoms with Crippen LogP contribution in [0.3, 0.4) is 0 Å². The van der Waals surface area contributed by atoms with Crippen LogP contribution in [0.1, 0.15) is 66.9 Å². The normalized spacial score (nSPS) is 27.3. The van der Waals surface area contributed by atoms with Crippen molar-refractivity contribution in [2.24, 2.45) is 4.99 Å². The molecule has 0 aromatic heterocycles. The van der Waals surface area contributed by atoms with Gasteiger partial charge < -0.3 is 9.47 Å². The van der Waals surface area contributed by atoms with Gasteiger partial charge in [-0.2, -0.15) is 4.90 Å². The Morgan fingerprint density at radius 2 is 1.67 bits per heavy atom. The number of fused-ring (bicyclic) bond motifs is 2. The molecule has 0 radical (unpaired) electrons. The molecule has 0 unspecified atom stereocenters. The predicted octanol–water partition coefficient (Wildman–Crippen LogP) is 5.67. The quantitative estimate of drug-likeness (QED) is 0.438. The molecule has 1 fully saturated rings. The average molecular weight is 593 g/mol. The molecule has 3 rings (SSSR count). The van der Waals surface area contributed by atoms with Gasteiger partial charge in [0.25, 0.3) is 0 Å². The summed E-state index contributed by atoms with van der Waals surface area (Å²) < 4.78 is 67.2. The second-order valence-corrected chi connectivity index (χ2v) is 14.7. The molecule has 8 nitrogen and oxygen atoms in total. The molecule has 0 N–H and O–H groups in total. The topological polar surface area (TPSA) is 102 Å². The van der Waals surface area contributed by atoms with E-state index in [0.717, 1.165) is 6.07 Å². The summed E-state index contributed by atoms with van der Waals surface area (Å²) in [5, 5.41) is -1.41. The van der Waals surface area contributed by atoms with Crippen LogP contribution in [0, 0.1) is 5.82 Å². The lowest BCUT2D eigenvalue weighted by Gasteiger charge is -2.43. The number of hydrogen-bond acceptors (Lipinski definition) is 7. The SMILES string of the molecule is CC(C)(C)OC(=O)N(C(=O)OC(C)(C)C)C1=N[C@@](CF)(c2cc(Br)ccc2F)[C@@H]2CC[C@@]1(C)S2(=O)=O. The van der Waals surface area contributed by atoms with Crippen molar-refractivity contribution in [2.75, 3.05) is 6.67 Å². The number of imide groups is 1. The summed E-state index contributed by atoms with van der Waals surface area (Å²) in [6, 6.07) is 3.72. The third-order valence-corrected chi connectivity index (χ3v) is 9.67. The van der Waals surface area contributed by atoms with Crippen molar-refractivity contribution >= 4 is 43.8 Å². The van der Waals surface area contributed by atoms with Crippen molar-refractivity contribution in [3.05, 3.63) is 34.1 Å². The van der Waals surface area contributed by atoms with Gasteiger partial charge >= 0.3 is 12.2 Å². The summed E-state index contributed by atoms with van der Waals surface area (Å²) in [4.78, 5) is 31.5. The fourth-order valence-corrected chi connectivity index (χ4v) is 7.50. The lowest BCUT2D eigenvalue weighted by molar-refractivity contribution is 0.0138. The lowest BCUT2D eigenvalue weighted by Crippen LogP contribution is -2.62. The first kappa shape index (κ1) is 28.5. The van der Waals surface area contributed by atoms with Crippen LogP contribution in [-0.4, -0.2) is 59.2 Å². The van der Waals surface area contributed by atoms with Crippen molar-refractivity contribution in [1.82, 2.24) is 4.90 Å². The molecule has 0 aliphatic carbocycles. The fraction of sp³-hybridized carbons (Fsp3) is 0.625. The Morgan fingerprint density at radius 1 is 1.14 bits per heavy atom. The van der Waals surface area contributed by atoms with Crippen LogP contribution in [0.25, 0.3) is 0 Å². The van der Waals surface area contributed by atoms with Gasteiger partial charge in [-0.3, -0.25) is 4.99 Å². The first-order valence-electron chi connectivity index (χ1n) is 11.4. The first-order valence-corrected chi connectivity index (χ1v) is 13.7. The van der Waals surface area contributed by atoms with Crippen LogP contribution in [-0.2, 0) is 24.8 Å². The van der Waals surface area contributed by atoms with E-state index >= 15 is 8.78 Å². The maximum absolute atomic E-state index is 15.1. The molecule has 3 atom stereocenters. The number of ether oxygens (including phenoxy) is 2. The van der Waals surface area contributed by atoms with Gasteiger partial charge in [-0.05, 0) is 79.5 Å². The van der Waals surface area contributed by atoms with E-state index in [-0.39, 0.29) is 18.4 Å².